The van der Waals surface area contributed by atoms with E-state index in [1.165, 1.54) is 18.2 Å². The Morgan fingerprint density at radius 3 is 2.77 bits per heavy atom. The summed E-state index contributed by atoms with van der Waals surface area (Å²) in [5, 5.41) is 9.47. The van der Waals surface area contributed by atoms with Gasteiger partial charge in [-0.1, -0.05) is 36.4 Å². The Morgan fingerprint density at radius 1 is 1.19 bits per heavy atom. The highest BCUT2D eigenvalue weighted by atomic mass is 19.1. The second kappa shape index (κ2) is 6.40. The molecule has 2 amide bonds. The molecule has 2 N–H and O–H groups in total. The number of carbonyl (C=O) groups is 2. The first-order valence-corrected chi connectivity index (χ1v) is 7.98. The minimum atomic E-state index is -0.532. The number of rotatable bonds is 3. The molecule has 0 saturated heterocycles. The summed E-state index contributed by atoms with van der Waals surface area (Å²) >= 11 is 0. The van der Waals surface area contributed by atoms with E-state index >= 15 is 0 Å². The summed E-state index contributed by atoms with van der Waals surface area (Å²) in [5.41, 5.74) is 1.07. The van der Waals surface area contributed by atoms with Crippen molar-refractivity contribution < 1.29 is 14.0 Å². The van der Waals surface area contributed by atoms with Crippen molar-refractivity contribution >= 4 is 23.7 Å². The second-order valence-electron chi connectivity index (χ2n) is 5.85. The van der Waals surface area contributed by atoms with Crippen molar-refractivity contribution in [3.63, 3.8) is 0 Å². The van der Waals surface area contributed by atoms with Gasteiger partial charge in [-0.05, 0) is 23.8 Å². The zero-order chi connectivity index (χ0) is 18.1. The van der Waals surface area contributed by atoms with Crippen LogP contribution in [0.4, 0.5) is 16.3 Å². The van der Waals surface area contributed by atoms with E-state index in [2.05, 4.69) is 20.7 Å². The highest BCUT2D eigenvalue weighted by Crippen LogP contribution is 2.29. The van der Waals surface area contributed by atoms with Crippen LogP contribution < -0.4 is 10.6 Å². The average molecular weight is 351 g/mol. The Hall–Kier alpha value is -3.55. The molecule has 8 heteroatoms. The average Bonchev–Trinajstić information content (AvgIpc) is 3.03. The van der Waals surface area contributed by atoms with E-state index in [0.717, 1.165) is 11.6 Å². The molecule has 2 heterocycles. The predicted molar refractivity (Wildman–Crippen MR) is 92.2 cm³/mol. The standard InChI is InChI=1S/C18H14FN5O2/c19-13-8-4-7-12(9-13)16(26)21-17-22-18-20-15(25)10-14(24(18)23-17)11-5-2-1-3-6-11/h1-9,14H,10H2,(H2,20,21,22,23,25,26). The van der Waals surface area contributed by atoms with E-state index < -0.39 is 11.7 Å². The molecule has 1 aliphatic rings. The molecular weight excluding hydrogens is 337 g/mol. The summed E-state index contributed by atoms with van der Waals surface area (Å²) < 4.78 is 14.8. The number of nitrogens with one attached hydrogen (secondary N) is 2. The SMILES string of the molecule is O=C1CC(c2ccccc2)n2nc(NC(=O)c3cccc(F)c3)nc2N1. The summed E-state index contributed by atoms with van der Waals surface area (Å²) in [6.07, 6.45) is 0.220. The molecule has 0 fully saturated rings. The number of hydrogen-bond donors (Lipinski definition) is 2. The number of hydrogen-bond acceptors (Lipinski definition) is 4. The number of benzene rings is 2. The Balaban J connectivity index is 1.63. The molecule has 0 saturated carbocycles. The third kappa shape index (κ3) is 3.04. The normalized spacial score (nSPS) is 15.9. The van der Waals surface area contributed by atoms with Crippen LogP contribution in [0.15, 0.2) is 54.6 Å². The van der Waals surface area contributed by atoms with Gasteiger partial charge in [0.05, 0.1) is 12.5 Å². The van der Waals surface area contributed by atoms with Crippen LogP contribution in [0, 0.1) is 5.82 Å². The Kier molecular flexibility index (Phi) is 3.92. The lowest BCUT2D eigenvalue weighted by Crippen LogP contribution is -2.29. The lowest BCUT2D eigenvalue weighted by Gasteiger charge is -2.23. The van der Waals surface area contributed by atoms with E-state index in [9.17, 15) is 14.0 Å². The molecule has 1 unspecified atom stereocenters. The number of nitrogens with zero attached hydrogens (tertiary/aromatic N) is 3. The van der Waals surface area contributed by atoms with Gasteiger partial charge in [-0.2, -0.15) is 4.98 Å². The summed E-state index contributed by atoms with van der Waals surface area (Å²) in [5.74, 6) is -0.926. The van der Waals surface area contributed by atoms with Crippen LogP contribution in [0.3, 0.4) is 0 Å². The van der Waals surface area contributed by atoms with Crippen LogP contribution in [0.5, 0.6) is 0 Å². The van der Waals surface area contributed by atoms with Gasteiger partial charge >= 0.3 is 0 Å². The van der Waals surface area contributed by atoms with Gasteiger partial charge in [-0.25, -0.2) is 9.07 Å². The number of anilines is 2. The summed E-state index contributed by atoms with van der Waals surface area (Å²) in [7, 11) is 0. The van der Waals surface area contributed by atoms with Gasteiger partial charge in [0, 0.05) is 5.56 Å². The summed E-state index contributed by atoms with van der Waals surface area (Å²) in [6, 6.07) is 14.5. The van der Waals surface area contributed by atoms with Gasteiger partial charge in [0.15, 0.2) is 0 Å². The number of halogens is 1. The fraction of sp³-hybridized carbons (Fsp3) is 0.111. The largest absolute Gasteiger partial charge is 0.295 e. The van der Waals surface area contributed by atoms with Gasteiger partial charge in [0.25, 0.3) is 11.9 Å². The molecule has 0 bridgehead atoms. The second-order valence-corrected chi connectivity index (χ2v) is 5.85. The van der Waals surface area contributed by atoms with Crippen molar-refractivity contribution in [2.24, 2.45) is 0 Å². The van der Waals surface area contributed by atoms with Crippen LogP contribution in [0.2, 0.25) is 0 Å². The quantitative estimate of drug-likeness (QED) is 0.759. The lowest BCUT2D eigenvalue weighted by molar-refractivity contribution is -0.117. The van der Waals surface area contributed by atoms with E-state index in [4.69, 9.17) is 0 Å². The van der Waals surface area contributed by atoms with Gasteiger partial charge in [-0.15, -0.1) is 5.10 Å². The zero-order valence-corrected chi connectivity index (χ0v) is 13.5. The zero-order valence-electron chi connectivity index (χ0n) is 13.5. The van der Waals surface area contributed by atoms with Crippen molar-refractivity contribution in [1.29, 1.82) is 0 Å². The van der Waals surface area contributed by atoms with Gasteiger partial charge in [0.1, 0.15) is 5.82 Å². The monoisotopic (exact) mass is 351 g/mol. The van der Waals surface area contributed by atoms with Crippen molar-refractivity contribution in [3.8, 4) is 0 Å². The Morgan fingerprint density at radius 2 is 2.00 bits per heavy atom. The third-order valence-electron chi connectivity index (χ3n) is 4.05. The third-order valence-corrected chi connectivity index (χ3v) is 4.05. The maximum absolute atomic E-state index is 13.3. The molecule has 0 spiro atoms. The van der Waals surface area contributed by atoms with Crippen LogP contribution in [-0.4, -0.2) is 26.6 Å². The number of fused-ring (bicyclic) bond motifs is 1. The molecule has 130 valence electrons. The number of carbonyl (C=O) groups excluding carboxylic acids is 2. The molecule has 1 aliphatic heterocycles. The minimum absolute atomic E-state index is 0.0393. The Bertz CT molecular complexity index is 986. The molecule has 7 nitrogen and oxygen atoms in total. The fourth-order valence-corrected chi connectivity index (χ4v) is 2.85. The molecule has 0 radical (unpaired) electrons. The molecule has 26 heavy (non-hydrogen) atoms. The Labute approximate surface area is 147 Å². The molecule has 3 aromatic rings. The first kappa shape index (κ1) is 15.9. The van der Waals surface area contributed by atoms with Crippen LogP contribution in [0.1, 0.15) is 28.4 Å². The van der Waals surface area contributed by atoms with Gasteiger partial charge < -0.3 is 0 Å². The van der Waals surface area contributed by atoms with Crippen LogP contribution in [-0.2, 0) is 4.79 Å². The smallest absolute Gasteiger partial charge is 0.258 e. The first-order chi connectivity index (χ1) is 12.6. The predicted octanol–water partition coefficient (Wildman–Crippen LogP) is 2.60. The van der Waals surface area contributed by atoms with Crippen molar-refractivity contribution in [3.05, 3.63) is 71.5 Å². The molecular formula is C18H14FN5O2. The van der Waals surface area contributed by atoms with E-state index in [0.29, 0.717) is 0 Å². The van der Waals surface area contributed by atoms with Gasteiger partial charge in [-0.3, -0.25) is 20.2 Å². The maximum atomic E-state index is 13.3. The fourth-order valence-electron chi connectivity index (χ4n) is 2.85. The summed E-state index contributed by atoms with van der Waals surface area (Å²) in [4.78, 5) is 28.4. The number of aromatic nitrogens is 3. The van der Waals surface area contributed by atoms with Crippen molar-refractivity contribution in [2.75, 3.05) is 10.6 Å². The molecule has 2 aromatic carbocycles. The summed E-state index contributed by atoms with van der Waals surface area (Å²) in [6.45, 7) is 0. The van der Waals surface area contributed by atoms with E-state index in [-0.39, 0.29) is 35.8 Å². The topological polar surface area (TPSA) is 88.9 Å². The van der Waals surface area contributed by atoms with Crippen molar-refractivity contribution in [2.45, 2.75) is 12.5 Å². The highest BCUT2D eigenvalue weighted by Gasteiger charge is 2.29. The van der Waals surface area contributed by atoms with E-state index in [1.807, 2.05) is 30.3 Å². The molecule has 4 rings (SSSR count). The van der Waals surface area contributed by atoms with Crippen LogP contribution >= 0.6 is 0 Å². The molecule has 1 aromatic heterocycles. The number of amides is 2. The van der Waals surface area contributed by atoms with Crippen molar-refractivity contribution in [1.82, 2.24) is 14.8 Å². The van der Waals surface area contributed by atoms with Gasteiger partial charge in [0.2, 0.25) is 11.9 Å². The van der Waals surface area contributed by atoms with E-state index in [1.54, 1.807) is 4.68 Å². The lowest BCUT2D eigenvalue weighted by atomic mass is 10.0. The first-order valence-electron chi connectivity index (χ1n) is 7.98. The molecule has 0 aliphatic carbocycles. The maximum Gasteiger partial charge on any atom is 0.258 e. The van der Waals surface area contributed by atoms with Crippen LogP contribution in [0.25, 0.3) is 0 Å². The minimum Gasteiger partial charge on any atom is -0.295 e. The highest BCUT2D eigenvalue weighted by molar-refractivity contribution is 6.03. The molecule has 1 atom stereocenters.